The summed E-state index contributed by atoms with van der Waals surface area (Å²) >= 11 is 0. The number of rotatable bonds is 3. The lowest BCUT2D eigenvalue weighted by Crippen LogP contribution is -2.11. The zero-order valence-corrected chi connectivity index (χ0v) is 23.7. The highest BCUT2D eigenvalue weighted by atomic mass is 16.1. The third-order valence-corrected chi connectivity index (χ3v) is 6.13. The number of Topliss-reactive ketones (excluding diaryl/α,β-unsaturated/α-hetero) is 1. The Balaban J connectivity index is 0.000000167. The smallest absolute Gasteiger partial charge is 0.279 e. The molecule has 0 bridgehead atoms. The fraction of sp³-hybridized carbons (Fsp3) is 0.444. The largest absolute Gasteiger partial charge is 0.382 e. The van der Waals surface area contributed by atoms with Gasteiger partial charge in [0.2, 0.25) is 0 Å². The van der Waals surface area contributed by atoms with Crippen molar-refractivity contribution in [1.82, 2.24) is 48.6 Å². The van der Waals surface area contributed by atoms with Gasteiger partial charge in [-0.25, -0.2) is 34.9 Å². The van der Waals surface area contributed by atoms with Gasteiger partial charge in [0.1, 0.15) is 17.7 Å². The van der Waals surface area contributed by atoms with Crippen molar-refractivity contribution in [2.24, 2.45) is 4.99 Å². The van der Waals surface area contributed by atoms with Crippen molar-refractivity contribution in [3.8, 4) is 0 Å². The summed E-state index contributed by atoms with van der Waals surface area (Å²) in [5.74, 6) is 1.81. The number of H-pyrrole nitrogens is 1. The van der Waals surface area contributed by atoms with Crippen LogP contribution in [0.5, 0.6) is 0 Å². The number of ketones is 1. The lowest BCUT2D eigenvalue weighted by molar-refractivity contribution is 0.0996. The van der Waals surface area contributed by atoms with Crippen LogP contribution in [0, 0.1) is 6.92 Å². The van der Waals surface area contributed by atoms with Crippen LogP contribution in [0.15, 0.2) is 35.1 Å². The number of nitrogen functional groups attached to an aromatic ring is 1. The predicted molar refractivity (Wildman–Crippen MR) is 160 cm³/mol. The molecule has 0 aliphatic carbocycles. The van der Waals surface area contributed by atoms with Gasteiger partial charge in [0, 0.05) is 30.8 Å². The molecule has 0 atom stereocenters. The third kappa shape index (κ3) is 6.36. The molecule has 0 unspecified atom stereocenters. The van der Waals surface area contributed by atoms with Gasteiger partial charge in [0.05, 0.1) is 19.0 Å². The first-order valence-electron chi connectivity index (χ1n) is 13.0. The second-order valence-corrected chi connectivity index (χ2v) is 10.1. The first-order valence-corrected chi connectivity index (χ1v) is 13.0. The van der Waals surface area contributed by atoms with Gasteiger partial charge in [-0.05, 0) is 48.5 Å². The molecule has 218 valence electrons. The van der Waals surface area contributed by atoms with Gasteiger partial charge in [-0.3, -0.25) is 9.59 Å². The maximum Gasteiger partial charge on any atom is 0.279 e. The van der Waals surface area contributed by atoms with E-state index in [2.05, 4.69) is 53.7 Å². The van der Waals surface area contributed by atoms with Crippen molar-refractivity contribution in [2.75, 3.05) is 5.73 Å². The second kappa shape index (κ2) is 12.6. The normalized spacial score (nSPS) is 12.3. The summed E-state index contributed by atoms with van der Waals surface area (Å²) in [6.07, 6.45) is 8.54. The lowest BCUT2D eigenvalue weighted by Gasteiger charge is -2.10. The average molecular weight is 563 g/mol. The Kier molecular flexibility index (Phi) is 9.47. The first-order chi connectivity index (χ1) is 19.0. The van der Waals surface area contributed by atoms with Gasteiger partial charge in [0.15, 0.2) is 39.9 Å². The summed E-state index contributed by atoms with van der Waals surface area (Å²) < 4.78 is 5.76. The summed E-state index contributed by atoms with van der Waals surface area (Å²) in [5.41, 5.74) is 8.51. The molecule has 0 saturated heterocycles. The molecule has 0 radical (unpaired) electrons. The number of nitrogens with one attached hydrogen (secondary N) is 1. The summed E-state index contributed by atoms with van der Waals surface area (Å²) in [4.78, 5) is 54.1. The number of anilines is 1. The summed E-state index contributed by atoms with van der Waals surface area (Å²) in [6.45, 7) is 14.0. The highest BCUT2D eigenvalue weighted by molar-refractivity contribution is 6.08. The Labute approximate surface area is 237 Å². The third-order valence-electron chi connectivity index (χ3n) is 6.13. The van der Waals surface area contributed by atoms with Gasteiger partial charge in [-0.2, -0.15) is 0 Å². The monoisotopic (exact) mass is 562 g/mol. The van der Waals surface area contributed by atoms with Crippen LogP contribution in [0.4, 0.5) is 11.6 Å². The summed E-state index contributed by atoms with van der Waals surface area (Å²) in [5, 5.41) is 0. The van der Waals surface area contributed by atoms with E-state index in [1.807, 2.05) is 41.4 Å². The number of imidazole rings is 3. The number of carbonyl (C=O) groups is 1. The molecule has 41 heavy (non-hydrogen) atoms. The topological polar surface area (TPSA) is 180 Å². The highest BCUT2D eigenvalue weighted by Gasteiger charge is 2.20. The van der Waals surface area contributed by atoms with Crippen LogP contribution in [0.3, 0.4) is 0 Å². The van der Waals surface area contributed by atoms with Crippen LogP contribution in [-0.4, -0.2) is 60.6 Å². The van der Waals surface area contributed by atoms with Crippen LogP contribution >= 0.6 is 0 Å². The van der Waals surface area contributed by atoms with E-state index >= 15 is 0 Å². The van der Waals surface area contributed by atoms with E-state index in [4.69, 9.17) is 5.73 Å². The molecule has 6 heterocycles. The summed E-state index contributed by atoms with van der Waals surface area (Å²) in [7, 11) is 0. The molecular formula is C27H38N12O2. The van der Waals surface area contributed by atoms with E-state index in [-0.39, 0.29) is 24.8 Å². The Bertz CT molecular complexity index is 1740. The lowest BCUT2D eigenvalue weighted by atomic mass is 10.2. The standard InChI is InChI=1S/C9H12N4O.C9H11N3O.C8H11N5.CH4/c1-5(2)13-4-10-7-8(13)11-6(3)12-9(7)14;1-6(2)12-5-11-8-7(13)3-4-10-9(8)12;1-5(2)13-4-12-6-7(9)10-3-11-8(6)13;/h4-5H,1-3H3,(H,11,12,14);4-6H,3H2,1-2H3;3-5H,1-2H3,(H2,9,10,11);1H4. The van der Waals surface area contributed by atoms with Gasteiger partial charge in [-0.1, -0.05) is 7.43 Å². The van der Waals surface area contributed by atoms with Crippen LogP contribution in [0.1, 0.15) is 89.8 Å². The van der Waals surface area contributed by atoms with Crippen molar-refractivity contribution in [3.63, 3.8) is 0 Å². The van der Waals surface area contributed by atoms with Gasteiger partial charge >= 0.3 is 0 Å². The van der Waals surface area contributed by atoms with E-state index in [1.165, 1.54) is 6.33 Å². The number of carbonyl (C=O) groups excluding carboxylic acids is 1. The van der Waals surface area contributed by atoms with Crippen LogP contribution < -0.4 is 11.3 Å². The van der Waals surface area contributed by atoms with Crippen molar-refractivity contribution in [2.45, 2.75) is 80.4 Å². The number of hydrogen-bond donors (Lipinski definition) is 2. The molecule has 1 aliphatic heterocycles. The molecule has 0 spiro atoms. The fourth-order valence-electron chi connectivity index (χ4n) is 4.03. The molecule has 5 aromatic rings. The Morgan fingerprint density at radius 3 is 2.02 bits per heavy atom. The Morgan fingerprint density at radius 2 is 1.39 bits per heavy atom. The van der Waals surface area contributed by atoms with Crippen LogP contribution in [-0.2, 0) is 0 Å². The highest BCUT2D eigenvalue weighted by Crippen LogP contribution is 2.25. The van der Waals surface area contributed by atoms with Crippen LogP contribution in [0.25, 0.3) is 22.3 Å². The van der Waals surface area contributed by atoms with E-state index < -0.39 is 0 Å². The molecule has 0 aromatic carbocycles. The number of aromatic nitrogens is 10. The number of aliphatic imine (C=N–C) groups is 1. The molecule has 0 saturated carbocycles. The molecular weight excluding hydrogens is 524 g/mol. The van der Waals surface area contributed by atoms with E-state index in [0.29, 0.717) is 58.3 Å². The number of hydrogen-bond acceptors (Lipinski definition) is 10. The molecule has 1 aliphatic rings. The number of aryl methyl sites for hydroxylation is 1. The minimum absolute atomic E-state index is 0. The van der Waals surface area contributed by atoms with Gasteiger partial charge in [-0.15, -0.1) is 0 Å². The Hall–Kier alpha value is -4.75. The number of nitrogens with zero attached hydrogens (tertiary/aromatic N) is 10. The molecule has 6 rings (SSSR count). The first kappa shape index (κ1) is 30.8. The molecule has 0 fully saturated rings. The van der Waals surface area contributed by atoms with Crippen molar-refractivity contribution in [3.05, 3.63) is 47.2 Å². The minimum atomic E-state index is -0.174. The van der Waals surface area contributed by atoms with Crippen LogP contribution in [0.2, 0.25) is 0 Å². The molecule has 0 amide bonds. The Morgan fingerprint density at radius 1 is 0.805 bits per heavy atom. The predicted octanol–water partition coefficient (Wildman–Crippen LogP) is 4.39. The molecule has 14 heteroatoms. The zero-order chi connectivity index (χ0) is 29.1. The molecule has 3 N–H and O–H groups in total. The molecule has 14 nitrogen and oxygen atoms in total. The number of aromatic amines is 1. The maximum absolute atomic E-state index is 11.5. The fourth-order valence-corrected chi connectivity index (χ4v) is 4.03. The molecule has 5 aromatic heterocycles. The van der Waals surface area contributed by atoms with E-state index in [9.17, 15) is 9.59 Å². The van der Waals surface area contributed by atoms with Gasteiger partial charge in [0.25, 0.3) is 5.56 Å². The minimum Gasteiger partial charge on any atom is -0.382 e. The van der Waals surface area contributed by atoms with E-state index in [0.717, 1.165) is 5.65 Å². The van der Waals surface area contributed by atoms with Crippen molar-refractivity contribution >= 4 is 46.0 Å². The van der Waals surface area contributed by atoms with Crippen molar-refractivity contribution in [1.29, 1.82) is 0 Å². The summed E-state index contributed by atoms with van der Waals surface area (Å²) in [6, 6.07) is 0.882. The SMILES string of the molecule is C.CC(C)n1cnc2c(N)ncnc21.CC(C)n1cnc2c1N=CCC2=O.Cc1nc2c(ncn2C(C)C)c(=O)[nH]1. The zero-order valence-electron chi connectivity index (χ0n) is 23.7. The second-order valence-electron chi connectivity index (χ2n) is 10.1. The maximum atomic E-state index is 11.5. The number of fused-ring (bicyclic) bond motifs is 3. The number of nitrogens with two attached hydrogens (primary N) is 1. The van der Waals surface area contributed by atoms with E-state index in [1.54, 1.807) is 32.1 Å². The quantitative estimate of drug-likeness (QED) is 0.322. The van der Waals surface area contributed by atoms with Gasteiger partial charge < -0.3 is 24.4 Å². The van der Waals surface area contributed by atoms with Crippen molar-refractivity contribution < 1.29 is 4.79 Å². The average Bonchev–Trinajstić information content (AvgIpc) is 3.62.